The maximum atomic E-state index is 17.0. The Kier molecular flexibility index (Phi) is 6.87. The number of halogens is 5. The maximum absolute atomic E-state index is 17.0. The number of aryl methyl sites for hydroxylation is 1. The minimum Gasteiger partial charge on any atom is -0.491 e. The molecule has 244 valence electrons. The van der Waals surface area contributed by atoms with Crippen molar-refractivity contribution in [3.05, 3.63) is 40.2 Å². The normalized spacial score (nSPS) is 27.4. The first-order valence-corrected chi connectivity index (χ1v) is 16.1. The fourth-order valence-electron chi connectivity index (χ4n) is 8.50. The second-order valence-corrected chi connectivity index (χ2v) is 13.7. The van der Waals surface area contributed by atoms with E-state index in [2.05, 4.69) is 31.7 Å². The van der Waals surface area contributed by atoms with Gasteiger partial charge in [-0.2, -0.15) is 23.1 Å². The Morgan fingerprint density at radius 1 is 1.24 bits per heavy atom. The zero-order valence-corrected chi connectivity index (χ0v) is 26.1. The Bertz CT molecular complexity index is 1790. The van der Waals surface area contributed by atoms with Crippen LogP contribution in [0.3, 0.4) is 0 Å². The molecule has 0 radical (unpaired) electrons. The molecule has 4 saturated heterocycles. The van der Waals surface area contributed by atoms with Crippen molar-refractivity contribution in [2.24, 2.45) is 0 Å². The van der Waals surface area contributed by atoms with E-state index in [0.717, 1.165) is 56.8 Å². The molecule has 5 aliphatic rings. The Labute approximate surface area is 268 Å². The van der Waals surface area contributed by atoms with Crippen molar-refractivity contribution in [1.82, 2.24) is 25.2 Å². The molecule has 0 amide bonds. The van der Waals surface area contributed by atoms with Crippen LogP contribution in [-0.4, -0.2) is 76.4 Å². The fourth-order valence-corrected chi connectivity index (χ4v) is 8.82. The fraction of sp³-hybridized carbons (Fsp3) is 0.531. The average Bonchev–Trinajstić information content (AvgIpc) is 3.64. The zero-order chi connectivity index (χ0) is 32.1. The van der Waals surface area contributed by atoms with E-state index in [1.807, 2.05) is 0 Å². The second-order valence-electron chi connectivity index (χ2n) is 13.3. The molecule has 4 unspecified atom stereocenters. The average molecular weight is 660 g/mol. The highest BCUT2D eigenvalue weighted by atomic mass is 35.5. The van der Waals surface area contributed by atoms with Crippen LogP contribution in [0.1, 0.15) is 49.7 Å². The molecule has 8 rings (SSSR count). The molecule has 4 fully saturated rings. The summed E-state index contributed by atoms with van der Waals surface area (Å²) in [5, 5.41) is 3.53. The summed E-state index contributed by atoms with van der Waals surface area (Å²) >= 11 is 6.85. The standard InChI is InChI=1S/C32H34ClF4N7O2/c1-15-11-31(7-3-8-43(31)12-15)14-46-30-41-27-22-28(45-9-6-19-18-5-4-17(39-18)13-44(19)29(22)42-30)24(33)21(25(27)34)26-23(32(35,36)37)16(2)10-20(38)40-26/h10,17-19,39H,1,3-9,11-14H2,2H3,(H2,38,40). The maximum Gasteiger partial charge on any atom is 0.418 e. The molecule has 0 aliphatic carbocycles. The van der Waals surface area contributed by atoms with Gasteiger partial charge in [-0.05, 0) is 57.2 Å². The third kappa shape index (κ3) is 4.60. The number of rotatable bonds is 4. The number of fused-ring (bicyclic) bond motifs is 6. The predicted octanol–water partition coefficient (Wildman–Crippen LogP) is 5.66. The number of hydrogen-bond acceptors (Lipinski definition) is 9. The lowest BCUT2D eigenvalue weighted by Crippen LogP contribution is -2.59. The van der Waals surface area contributed by atoms with E-state index in [4.69, 9.17) is 31.8 Å². The number of anilines is 2. The van der Waals surface area contributed by atoms with Gasteiger partial charge in [-0.1, -0.05) is 23.8 Å². The number of nitrogens with zero attached hydrogens (tertiary/aromatic N) is 5. The van der Waals surface area contributed by atoms with Crippen LogP contribution < -0.4 is 25.4 Å². The first-order valence-electron chi connectivity index (χ1n) is 15.7. The minimum atomic E-state index is -4.87. The summed E-state index contributed by atoms with van der Waals surface area (Å²) in [5.41, 5.74) is 3.91. The summed E-state index contributed by atoms with van der Waals surface area (Å²) in [6, 6.07) is 1.43. The quantitative estimate of drug-likeness (QED) is 0.272. The molecule has 0 spiro atoms. The van der Waals surface area contributed by atoms with Crippen molar-refractivity contribution in [3.63, 3.8) is 0 Å². The van der Waals surface area contributed by atoms with Gasteiger partial charge in [-0.15, -0.1) is 0 Å². The van der Waals surface area contributed by atoms with E-state index in [1.54, 1.807) is 0 Å². The third-order valence-corrected chi connectivity index (χ3v) is 10.8. The molecule has 46 heavy (non-hydrogen) atoms. The van der Waals surface area contributed by atoms with Crippen molar-refractivity contribution in [2.75, 3.05) is 43.5 Å². The van der Waals surface area contributed by atoms with Crippen LogP contribution in [0.25, 0.3) is 22.2 Å². The lowest BCUT2D eigenvalue weighted by Gasteiger charge is -2.43. The molecule has 2 bridgehead atoms. The monoisotopic (exact) mass is 659 g/mol. The minimum absolute atomic E-state index is 0.00323. The first-order chi connectivity index (χ1) is 21.9. The number of nitrogens with one attached hydrogen (secondary N) is 1. The summed E-state index contributed by atoms with van der Waals surface area (Å²) in [6.07, 6.45) is 0.418. The van der Waals surface area contributed by atoms with Crippen LogP contribution in [0.2, 0.25) is 5.02 Å². The van der Waals surface area contributed by atoms with Gasteiger partial charge < -0.3 is 25.4 Å². The third-order valence-electron chi connectivity index (χ3n) is 10.4. The van der Waals surface area contributed by atoms with Crippen molar-refractivity contribution < 1.29 is 27.0 Å². The molecule has 3 N–H and O–H groups in total. The molecular weight excluding hydrogens is 626 g/mol. The summed E-state index contributed by atoms with van der Waals surface area (Å²) in [6.45, 7) is 8.26. The Hall–Kier alpha value is -3.42. The lowest BCUT2D eigenvalue weighted by molar-refractivity contribution is -0.137. The van der Waals surface area contributed by atoms with Gasteiger partial charge in [0.05, 0.1) is 39.4 Å². The number of piperazine rings is 1. The summed E-state index contributed by atoms with van der Waals surface area (Å²) in [4.78, 5) is 17.9. The molecule has 5 aliphatic heterocycles. The smallest absolute Gasteiger partial charge is 0.418 e. The van der Waals surface area contributed by atoms with E-state index < -0.39 is 28.8 Å². The molecule has 3 aromatic rings. The summed E-state index contributed by atoms with van der Waals surface area (Å²) in [5.74, 6) is -0.866. The van der Waals surface area contributed by atoms with E-state index in [0.29, 0.717) is 18.8 Å². The Morgan fingerprint density at radius 2 is 2.07 bits per heavy atom. The number of alkyl halides is 3. The largest absolute Gasteiger partial charge is 0.491 e. The molecule has 9 nitrogen and oxygen atoms in total. The second kappa shape index (κ2) is 10.5. The number of benzene rings is 1. The van der Waals surface area contributed by atoms with E-state index >= 15 is 4.39 Å². The highest BCUT2D eigenvalue weighted by Gasteiger charge is 2.47. The molecule has 1 aromatic carbocycles. The SMILES string of the molecule is C=C1CN2CCCC2(COc2nc3c4c(c(Cl)c(-c5nc(N)cc(C)c5C(F)(F)F)c(F)c4n2)OCCC2C4CCC(CN32)N4)C1. The first kappa shape index (κ1) is 29.9. The highest BCUT2D eigenvalue weighted by Crippen LogP contribution is 2.51. The summed E-state index contributed by atoms with van der Waals surface area (Å²) < 4.78 is 72.9. The number of nitrogen functional groups attached to an aromatic ring is 1. The van der Waals surface area contributed by atoms with Gasteiger partial charge in [0.25, 0.3) is 0 Å². The van der Waals surface area contributed by atoms with Gasteiger partial charge in [-0.25, -0.2) is 9.37 Å². The number of nitrogens with two attached hydrogens (primary N) is 1. The number of ether oxygens (including phenoxy) is 2. The number of pyridine rings is 1. The van der Waals surface area contributed by atoms with Crippen LogP contribution in [0.5, 0.6) is 11.8 Å². The van der Waals surface area contributed by atoms with Crippen molar-refractivity contribution >= 4 is 34.1 Å². The van der Waals surface area contributed by atoms with Crippen molar-refractivity contribution in [3.8, 4) is 23.0 Å². The predicted molar refractivity (Wildman–Crippen MR) is 166 cm³/mol. The Morgan fingerprint density at radius 3 is 2.87 bits per heavy atom. The number of hydrogen-bond donors (Lipinski definition) is 2. The Balaban J connectivity index is 1.35. The van der Waals surface area contributed by atoms with Gasteiger partial charge in [0.15, 0.2) is 11.6 Å². The molecule has 0 saturated carbocycles. The van der Waals surface area contributed by atoms with Gasteiger partial charge in [0.1, 0.15) is 23.8 Å². The number of aromatic nitrogens is 3. The highest BCUT2D eigenvalue weighted by molar-refractivity contribution is 6.36. The van der Waals surface area contributed by atoms with Crippen LogP contribution in [-0.2, 0) is 6.18 Å². The topological polar surface area (TPSA) is 102 Å². The molecule has 7 heterocycles. The van der Waals surface area contributed by atoms with Gasteiger partial charge in [0.2, 0.25) is 0 Å². The van der Waals surface area contributed by atoms with E-state index in [9.17, 15) is 13.2 Å². The van der Waals surface area contributed by atoms with Gasteiger partial charge in [-0.3, -0.25) is 4.90 Å². The summed E-state index contributed by atoms with van der Waals surface area (Å²) in [7, 11) is 0. The van der Waals surface area contributed by atoms with Crippen molar-refractivity contribution in [2.45, 2.75) is 75.3 Å². The molecule has 2 aromatic heterocycles. The van der Waals surface area contributed by atoms with E-state index in [-0.39, 0.29) is 75.9 Å². The van der Waals surface area contributed by atoms with Crippen LogP contribution >= 0.6 is 11.6 Å². The van der Waals surface area contributed by atoms with Crippen LogP contribution in [0.15, 0.2) is 18.2 Å². The lowest BCUT2D eigenvalue weighted by atomic mass is 9.94. The van der Waals surface area contributed by atoms with Crippen LogP contribution in [0.4, 0.5) is 29.2 Å². The van der Waals surface area contributed by atoms with Gasteiger partial charge in [0, 0.05) is 37.6 Å². The molecule has 14 heteroatoms. The van der Waals surface area contributed by atoms with E-state index in [1.165, 1.54) is 6.92 Å². The van der Waals surface area contributed by atoms with Crippen molar-refractivity contribution in [1.29, 1.82) is 0 Å². The molecular formula is C32H34ClF4N7O2. The zero-order valence-electron chi connectivity index (χ0n) is 25.3. The molecule has 4 atom stereocenters. The van der Waals surface area contributed by atoms with Gasteiger partial charge >= 0.3 is 12.2 Å². The van der Waals surface area contributed by atoms with Crippen LogP contribution in [0, 0.1) is 12.7 Å².